The van der Waals surface area contributed by atoms with Crippen molar-refractivity contribution in [2.75, 3.05) is 13.6 Å². The maximum Gasteiger partial charge on any atom is 0.256 e. The van der Waals surface area contributed by atoms with E-state index in [9.17, 15) is 9.59 Å². The van der Waals surface area contributed by atoms with E-state index < -0.39 is 0 Å². The number of nitrogens with zero attached hydrogens (tertiary/aromatic N) is 2. The third-order valence-electron chi connectivity index (χ3n) is 3.76. The maximum atomic E-state index is 12.9. The molecule has 0 N–H and O–H groups in total. The first-order valence-corrected chi connectivity index (χ1v) is 7.84. The summed E-state index contributed by atoms with van der Waals surface area (Å²) in [6.45, 7) is 6.61. The Kier molecular flexibility index (Phi) is 4.42. The number of carbonyl (C=O) groups is 2. The van der Waals surface area contributed by atoms with E-state index in [0.717, 1.165) is 4.47 Å². The van der Waals surface area contributed by atoms with Crippen molar-refractivity contribution in [3.63, 3.8) is 0 Å². The second-order valence-corrected chi connectivity index (χ2v) is 7.33. The van der Waals surface area contributed by atoms with E-state index in [1.54, 1.807) is 11.9 Å². The van der Waals surface area contributed by atoms with Gasteiger partial charge in [0, 0.05) is 29.9 Å². The van der Waals surface area contributed by atoms with Crippen LogP contribution in [0.1, 0.15) is 37.6 Å². The van der Waals surface area contributed by atoms with Gasteiger partial charge in [-0.25, -0.2) is 0 Å². The fourth-order valence-electron chi connectivity index (χ4n) is 2.91. The lowest BCUT2D eigenvalue weighted by molar-refractivity contribution is -0.145. The van der Waals surface area contributed by atoms with Crippen molar-refractivity contribution in [1.82, 2.24) is 9.80 Å². The van der Waals surface area contributed by atoms with Gasteiger partial charge in [0.25, 0.3) is 5.91 Å². The predicted molar refractivity (Wildman–Crippen MR) is 85.8 cm³/mol. The molecule has 5 heteroatoms. The minimum Gasteiger partial charge on any atom is -0.325 e. The molecule has 1 saturated heterocycles. The summed E-state index contributed by atoms with van der Waals surface area (Å²) in [4.78, 5) is 28.4. The largest absolute Gasteiger partial charge is 0.325 e. The zero-order valence-electron chi connectivity index (χ0n) is 12.9. The van der Waals surface area contributed by atoms with Crippen LogP contribution in [0.2, 0.25) is 0 Å². The Labute approximate surface area is 134 Å². The molecule has 1 atom stereocenters. The quantitative estimate of drug-likeness (QED) is 0.778. The van der Waals surface area contributed by atoms with E-state index in [1.165, 1.54) is 0 Å². The average Bonchev–Trinajstić information content (AvgIpc) is 2.40. The summed E-state index contributed by atoms with van der Waals surface area (Å²) in [5.74, 6) is 0.0489. The summed E-state index contributed by atoms with van der Waals surface area (Å²) in [7, 11) is 1.78. The van der Waals surface area contributed by atoms with Gasteiger partial charge in [0.15, 0.2) is 0 Å². The molecule has 0 aromatic heterocycles. The van der Waals surface area contributed by atoms with E-state index in [0.29, 0.717) is 18.5 Å². The van der Waals surface area contributed by atoms with Gasteiger partial charge < -0.3 is 9.80 Å². The zero-order chi connectivity index (χ0) is 15.8. The number of benzene rings is 1. The lowest BCUT2D eigenvalue weighted by Crippen LogP contribution is -2.61. The van der Waals surface area contributed by atoms with E-state index in [1.807, 2.05) is 49.9 Å². The molecule has 1 aliphatic heterocycles. The molecule has 1 aromatic rings. The monoisotopic (exact) mass is 352 g/mol. The van der Waals surface area contributed by atoms with Crippen molar-refractivity contribution >= 4 is 27.7 Å². The van der Waals surface area contributed by atoms with E-state index >= 15 is 0 Å². The normalized spacial score (nSPS) is 19.9. The van der Waals surface area contributed by atoms with Crippen LogP contribution in [0.25, 0.3) is 0 Å². The maximum absolute atomic E-state index is 12.9. The van der Waals surface area contributed by atoms with Crippen LogP contribution in [0.4, 0.5) is 0 Å². The molecular formula is C16H21BrN2O2. The molecule has 0 saturated carbocycles. The smallest absolute Gasteiger partial charge is 0.256 e. The van der Waals surface area contributed by atoms with Gasteiger partial charge in [-0.3, -0.25) is 9.59 Å². The Balaban J connectivity index is 2.39. The molecule has 0 aliphatic carbocycles. The second-order valence-electron chi connectivity index (χ2n) is 6.47. The highest BCUT2D eigenvalue weighted by Gasteiger charge is 2.42. The second kappa shape index (κ2) is 5.79. The minimum atomic E-state index is -0.238. The van der Waals surface area contributed by atoms with Crippen molar-refractivity contribution < 1.29 is 9.59 Å². The average molecular weight is 353 g/mol. The van der Waals surface area contributed by atoms with Gasteiger partial charge in [-0.2, -0.15) is 0 Å². The fraction of sp³-hybridized carbons (Fsp3) is 0.500. The molecule has 0 bridgehead atoms. The highest BCUT2D eigenvalue weighted by molar-refractivity contribution is 9.10. The number of amides is 2. The van der Waals surface area contributed by atoms with Crippen molar-refractivity contribution in [2.45, 2.75) is 33.4 Å². The van der Waals surface area contributed by atoms with Crippen LogP contribution in [0.5, 0.6) is 0 Å². The number of halogens is 1. The molecule has 1 aliphatic rings. The molecule has 0 unspecified atom stereocenters. The van der Waals surface area contributed by atoms with Crippen LogP contribution >= 0.6 is 15.9 Å². The standard InChI is InChI=1S/C16H21BrN2O2/c1-16(2,3)15-18(4)13(20)9-10-19(15)14(21)11-7-5-6-8-12(11)17/h5-8,15H,9-10H2,1-4H3/t15-/m0/s1. The Morgan fingerprint density at radius 2 is 1.90 bits per heavy atom. The van der Waals surface area contributed by atoms with Gasteiger partial charge in [-0.05, 0) is 28.1 Å². The Bertz CT molecular complexity index is 566. The van der Waals surface area contributed by atoms with Crippen LogP contribution in [-0.2, 0) is 4.79 Å². The molecule has 0 radical (unpaired) electrons. The molecule has 1 aromatic carbocycles. The lowest BCUT2D eigenvalue weighted by atomic mass is 9.88. The lowest BCUT2D eigenvalue weighted by Gasteiger charge is -2.48. The molecular weight excluding hydrogens is 332 g/mol. The fourth-order valence-corrected chi connectivity index (χ4v) is 3.37. The number of hydrogen-bond acceptors (Lipinski definition) is 2. The van der Waals surface area contributed by atoms with Crippen LogP contribution in [-0.4, -0.2) is 41.4 Å². The molecule has 2 amide bonds. The van der Waals surface area contributed by atoms with Gasteiger partial charge in [-0.15, -0.1) is 0 Å². The molecule has 2 rings (SSSR count). The minimum absolute atomic E-state index is 0.0400. The first-order valence-electron chi connectivity index (χ1n) is 7.04. The Hall–Kier alpha value is -1.36. The summed E-state index contributed by atoms with van der Waals surface area (Å²) in [5.41, 5.74) is 0.427. The Morgan fingerprint density at radius 1 is 1.29 bits per heavy atom. The SMILES string of the molecule is CN1C(=O)CCN(C(=O)c2ccccc2Br)[C@H]1C(C)(C)C. The van der Waals surface area contributed by atoms with E-state index in [4.69, 9.17) is 0 Å². The van der Waals surface area contributed by atoms with Crippen molar-refractivity contribution in [3.8, 4) is 0 Å². The first kappa shape index (κ1) is 16.0. The van der Waals surface area contributed by atoms with Crippen LogP contribution in [0, 0.1) is 5.41 Å². The number of rotatable bonds is 1. The van der Waals surface area contributed by atoms with Crippen molar-refractivity contribution in [1.29, 1.82) is 0 Å². The predicted octanol–water partition coefficient (Wildman–Crippen LogP) is 3.13. The molecule has 114 valence electrons. The summed E-state index contributed by atoms with van der Waals surface area (Å²) in [6, 6.07) is 7.40. The van der Waals surface area contributed by atoms with E-state index in [-0.39, 0.29) is 23.4 Å². The van der Waals surface area contributed by atoms with E-state index in [2.05, 4.69) is 15.9 Å². The summed E-state index contributed by atoms with van der Waals surface area (Å²) in [5, 5.41) is 0. The van der Waals surface area contributed by atoms with Crippen molar-refractivity contribution in [3.05, 3.63) is 34.3 Å². The highest BCUT2D eigenvalue weighted by Crippen LogP contribution is 2.32. The first-order chi connectivity index (χ1) is 9.73. The molecule has 4 nitrogen and oxygen atoms in total. The summed E-state index contributed by atoms with van der Waals surface area (Å²) >= 11 is 3.43. The van der Waals surface area contributed by atoms with Gasteiger partial charge in [0.05, 0.1) is 5.56 Å². The van der Waals surface area contributed by atoms with Gasteiger partial charge >= 0.3 is 0 Å². The summed E-state index contributed by atoms with van der Waals surface area (Å²) in [6.07, 6.45) is 0.137. The Morgan fingerprint density at radius 3 is 2.48 bits per heavy atom. The summed E-state index contributed by atoms with van der Waals surface area (Å²) < 4.78 is 0.780. The van der Waals surface area contributed by atoms with Gasteiger partial charge in [0.2, 0.25) is 5.91 Å². The number of hydrogen-bond donors (Lipinski definition) is 0. The van der Waals surface area contributed by atoms with Crippen molar-refractivity contribution in [2.24, 2.45) is 5.41 Å². The van der Waals surface area contributed by atoms with Crippen LogP contribution in [0.15, 0.2) is 28.7 Å². The van der Waals surface area contributed by atoms with Crippen LogP contribution in [0.3, 0.4) is 0 Å². The van der Waals surface area contributed by atoms with Crippen LogP contribution < -0.4 is 0 Å². The van der Waals surface area contributed by atoms with Gasteiger partial charge in [0.1, 0.15) is 6.17 Å². The topological polar surface area (TPSA) is 40.6 Å². The molecule has 0 spiro atoms. The third kappa shape index (κ3) is 3.12. The van der Waals surface area contributed by atoms with Gasteiger partial charge in [-0.1, -0.05) is 32.9 Å². The highest BCUT2D eigenvalue weighted by atomic mass is 79.9. The molecule has 21 heavy (non-hydrogen) atoms. The third-order valence-corrected chi connectivity index (χ3v) is 4.45. The molecule has 1 fully saturated rings. The zero-order valence-corrected chi connectivity index (χ0v) is 14.5. The molecule has 1 heterocycles. The number of carbonyl (C=O) groups excluding carboxylic acids is 2.